The van der Waals surface area contributed by atoms with Crippen LogP contribution in [0.2, 0.25) is 0 Å². The Labute approximate surface area is 415 Å². The van der Waals surface area contributed by atoms with Gasteiger partial charge in [0.05, 0.1) is 5.69 Å². The summed E-state index contributed by atoms with van der Waals surface area (Å²) >= 11 is 0. The topological polar surface area (TPSA) is 6.48 Å². The summed E-state index contributed by atoms with van der Waals surface area (Å²) in [6.45, 7) is 36.4. The van der Waals surface area contributed by atoms with Crippen molar-refractivity contribution in [1.82, 2.24) is 0 Å². The van der Waals surface area contributed by atoms with E-state index in [0.717, 1.165) is 6.42 Å². The van der Waals surface area contributed by atoms with Crippen LogP contribution in [0.3, 0.4) is 0 Å². The van der Waals surface area contributed by atoms with Crippen molar-refractivity contribution in [3.05, 3.63) is 172 Å². The van der Waals surface area contributed by atoms with Gasteiger partial charge in [-0.05, 0) is 173 Å². The first-order valence-electron chi connectivity index (χ1n) is 25.9. The first-order valence-corrected chi connectivity index (χ1v) is 25.9. The van der Waals surface area contributed by atoms with Crippen molar-refractivity contribution in [2.75, 3.05) is 9.80 Å². The fourth-order valence-electron chi connectivity index (χ4n) is 13.2. The summed E-state index contributed by atoms with van der Waals surface area (Å²) < 4.78 is 0. The van der Waals surface area contributed by atoms with E-state index in [1.807, 2.05) is 0 Å². The Bertz CT molecular complexity index is 3230. The zero-order chi connectivity index (χ0) is 49.0. The smallest absolute Gasteiger partial charge is 0.252 e. The van der Waals surface area contributed by atoms with Crippen LogP contribution < -0.4 is 26.2 Å². The summed E-state index contributed by atoms with van der Waals surface area (Å²) in [4.78, 5) is 5.42. The molecule has 0 bridgehead atoms. The van der Waals surface area contributed by atoms with Crippen molar-refractivity contribution in [3.63, 3.8) is 0 Å². The first-order chi connectivity index (χ1) is 32.4. The quantitative estimate of drug-likeness (QED) is 0.162. The van der Waals surface area contributed by atoms with E-state index in [0.29, 0.717) is 0 Å². The highest BCUT2D eigenvalue weighted by molar-refractivity contribution is 7.00. The standard InChI is InChI=1S/C66H73BN2/c1-41-32-48-50(64(10,11)31-30-63(48,8)9)38-55(41)69-56-33-44(42-22-18-16-19-23-42)26-28-52(56)67-53-37-49-51(66(14,15)40-65(49,12)13)39-57(53)68(58-35-46(62(5,6)7)36-59(69)60(58)67)54-29-27-45(61(2,3)4)34-47(54)43-24-20-17-21-25-43/h16-29,32-39H,30-31,40H2,1-15H3. The van der Waals surface area contributed by atoms with E-state index in [-0.39, 0.29) is 39.2 Å². The number of aryl methyl sites for hydroxylation is 1. The van der Waals surface area contributed by atoms with E-state index < -0.39 is 0 Å². The van der Waals surface area contributed by atoms with Crippen molar-refractivity contribution in [1.29, 1.82) is 0 Å². The molecule has 0 amide bonds. The molecule has 2 aliphatic heterocycles. The van der Waals surface area contributed by atoms with Gasteiger partial charge in [0.25, 0.3) is 6.71 Å². The monoisotopic (exact) mass is 905 g/mol. The Hall–Kier alpha value is -5.80. The van der Waals surface area contributed by atoms with Gasteiger partial charge in [0.2, 0.25) is 0 Å². The summed E-state index contributed by atoms with van der Waals surface area (Å²) in [7, 11) is 0. The highest BCUT2D eigenvalue weighted by Gasteiger charge is 2.49. The number of hydrogen-bond donors (Lipinski definition) is 0. The second kappa shape index (κ2) is 15.1. The zero-order valence-corrected chi connectivity index (χ0v) is 44.3. The highest BCUT2D eigenvalue weighted by Crippen LogP contribution is 2.55. The van der Waals surface area contributed by atoms with E-state index in [4.69, 9.17) is 0 Å². The molecule has 11 rings (SSSR count). The van der Waals surface area contributed by atoms with Gasteiger partial charge in [0, 0.05) is 34.0 Å². The number of nitrogens with zero attached hydrogens (tertiary/aromatic N) is 2. The average molecular weight is 905 g/mol. The van der Waals surface area contributed by atoms with Crippen molar-refractivity contribution >= 4 is 57.2 Å². The van der Waals surface area contributed by atoms with Crippen LogP contribution in [0.25, 0.3) is 22.3 Å². The largest absolute Gasteiger partial charge is 0.311 e. The number of hydrogen-bond acceptors (Lipinski definition) is 2. The molecule has 0 saturated heterocycles. The lowest BCUT2D eigenvalue weighted by Crippen LogP contribution is -2.61. The number of rotatable bonds is 4. The minimum absolute atomic E-state index is 0.0125. The average Bonchev–Trinajstić information content (AvgIpc) is 3.48. The van der Waals surface area contributed by atoms with Crippen LogP contribution in [0.1, 0.15) is 155 Å². The summed E-state index contributed by atoms with van der Waals surface area (Å²) in [5.74, 6) is 0. The Morgan fingerprint density at radius 1 is 0.406 bits per heavy atom. The molecule has 0 atom stereocenters. The van der Waals surface area contributed by atoms with Crippen LogP contribution in [-0.4, -0.2) is 6.71 Å². The fourth-order valence-corrected chi connectivity index (χ4v) is 13.2. The lowest BCUT2D eigenvalue weighted by Gasteiger charge is -2.47. The maximum atomic E-state index is 2.71. The molecule has 0 spiro atoms. The second-order valence-corrected chi connectivity index (χ2v) is 26.1. The Morgan fingerprint density at radius 3 is 1.51 bits per heavy atom. The van der Waals surface area contributed by atoms with Crippen LogP contribution in [0, 0.1) is 6.92 Å². The molecule has 3 heteroatoms. The predicted molar refractivity (Wildman–Crippen MR) is 299 cm³/mol. The van der Waals surface area contributed by atoms with Crippen molar-refractivity contribution in [2.24, 2.45) is 0 Å². The maximum absolute atomic E-state index is 2.71. The van der Waals surface area contributed by atoms with Gasteiger partial charge in [-0.25, -0.2) is 0 Å². The fraction of sp³-hybridized carbons (Fsp3) is 0.364. The SMILES string of the molecule is Cc1cc2c(cc1N1c3cc(-c4ccccc4)ccc3B3c4cc5c(cc4N(c4ccc(C(C)(C)C)cc4-c4ccccc4)c4cc(C(C)(C)C)cc1c43)C(C)(C)CC5(C)C)C(C)(C)CCC2(C)C. The minimum Gasteiger partial charge on any atom is -0.311 e. The minimum atomic E-state index is -0.135. The van der Waals surface area contributed by atoms with Crippen LogP contribution in [0.15, 0.2) is 133 Å². The third kappa shape index (κ3) is 7.18. The maximum Gasteiger partial charge on any atom is 0.252 e. The summed E-state index contributed by atoms with van der Waals surface area (Å²) in [5.41, 5.74) is 26.8. The normalized spacial score (nSPS) is 18.0. The van der Waals surface area contributed by atoms with Crippen molar-refractivity contribution in [2.45, 2.75) is 156 Å². The van der Waals surface area contributed by atoms with Gasteiger partial charge >= 0.3 is 0 Å². The Morgan fingerprint density at radius 2 is 0.913 bits per heavy atom. The lowest BCUT2D eigenvalue weighted by molar-refractivity contribution is 0.332. The van der Waals surface area contributed by atoms with Gasteiger partial charge < -0.3 is 9.80 Å². The molecule has 4 aliphatic rings. The van der Waals surface area contributed by atoms with Gasteiger partial charge in [-0.1, -0.05) is 188 Å². The zero-order valence-electron chi connectivity index (χ0n) is 44.3. The third-order valence-corrected chi connectivity index (χ3v) is 17.1. The molecule has 2 aliphatic carbocycles. The van der Waals surface area contributed by atoms with Crippen molar-refractivity contribution < 1.29 is 0 Å². The molecule has 2 heterocycles. The molecule has 350 valence electrons. The van der Waals surface area contributed by atoms with E-state index in [1.54, 1.807) is 0 Å². The Kier molecular flexibility index (Phi) is 9.99. The molecular weight excluding hydrogens is 832 g/mol. The molecule has 7 aromatic carbocycles. The van der Waals surface area contributed by atoms with Crippen LogP contribution in [-0.2, 0) is 32.5 Å². The molecule has 0 radical (unpaired) electrons. The molecule has 7 aromatic rings. The summed E-state index contributed by atoms with van der Waals surface area (Å²) in [6.07, 6.45) is 3.47. The molecule has 2 nitrogen and oxygen atoms in total. The molecule has 0 N–H and O–H groups in total. The van der Waals surface area contributed by atoms with E-state index in [1.165, 1.54) is 125 Å². The summed E-state index contributed by atoms with van der Waals surface area (Å²) in [5, 5.41) is 0. The van der Waals surface area contributed by atoms with E-state index in [2.05, 4.69) is 247 Å². The lowest BCUT2D eigenvalue weighted by atomic mass is 9.33. The number of benzene rings is 7. The first kappa shape index (κ1) is 45.6. The van der Waals surface area contributed by atoms with E-state index >= 15 is 0 Å². The molecule has 0 aromatic heterocycles. The van der Waals surface area contributed by atoms with E-state index in [9.17, 15) is 0 Å². The van der Waals surface area contributed by atoms with Gasteiger partial charge in [-0.15, -0.1) is 0 Å². The predicted octanol–water partition coefficient (Wildman–Crippen LogP) is 16.3. The van der Waals surface area contributed by atoms with Crippen LogP contribution >= 0.6 is 0 Å². The Balaban J connectivity index is 1.30. The molecule has 0 saturated carbocycles. The highest BCUT2D eigenvalue weighted by atomic mass is 15.2. The molecule has 69 heavy (non-hydrogen) atoms. The van der Waals surface area contributed by atoms with Gasteiger partial charge in [0.1, 0.15) is 0 Å². The van der Waals surface area contributed by atoms with Gasteiger partial charge in [-0.3, -0.25) is 0 Å². The second-order valence-electron chi connectivity index (χ2n) is 26.1. The van der Waals surface area contributed by atoms with Gasteiger partial charge in [0.15, 0.2) is 0 Å². The van der Waals surface area contributed by atoms with Crippen LogP contribution in [0.4, 0.5) is 34.1 Å². The molecule has 0 fully saturated rings. The number of fused-ring (bicyclic) bond motifs is 6. The molecule has 0 unspecified atom stereocenters. The van der Waals surface area contributed by atoms with Crippen molar-refractivity contribution in [3.8, 4) is 22.3 Å². The van der Waals surface area contributed by atoms with Gasteiger partial charge in [-0.2, -0.15) is 0 Å². The van der Waals surface area contributed by atoms with Crippen LogP contribution in [0.5, 0.6) is 0 Å². The summed E-state index contributed by atoms with van der Waals surface area (Å²) in [6, 6.07) is 52.6. The third-order valence-electron chi connectivity index (χ3n) is 17.1. The number of anilines is 6. The molecular formula is C66H73BN2.